The maximum Gasteiger partial charge on any atom is 0.226 e. The number of hydrogen-bond acceptors (Lipinski definition) is 6. The number of para-hydroxylation sites is 1. The van der Waals surface area contributed by atoms with E-state index >= 15 is 0 Å². The fraction of sp³-hybridized carbons (Fsp3) is 0.263. The molecule has 0 radical (unpaired) electrons. The van der Waals surface area contributed by atoms with Gasteiger partial charge in [0.15, 0.2) is 15.0 Å². The molecule has 0 atom stereocenters. The predicted molar refractivity (Wildman–Crippen MR) is 112 cm³/mol. The van der Waals surface area contributed by atoms with Gasteiger partial charge in [0.05, 0.1) is 22.0 Å². The summed E-state index contributed by atoms with van der Waals surface area (Å²) >= 11 is 7.13. The number of thiazole rings is 1. The molecule has 0 aliphatic heterocycles. The Bertz CT molecular complexity index is 1080. The Balaban J connectivity index is 1.58. The lowest BCUT2D eigenvalue weighted by molar-refractivity contribution is -0.116. The third kappa shape index (κ3) is 5.01. The fourth-order valence-electron chi connectivity index (χ4n) is 2.61. The lowest BCUT2D eigenvalue weighted by Gasteiger charge is -2.05. The van der Waals surface area contributed by atoms with E-state index in [1.807, 2.05) is 25.1 Å². The molecule has 1 aromatic heterocycles. The Morgan fingerprint density at radius 2 is 1.96 bits per heavy atom. The van der Waals surface area contributed by atoms with Crippen LogP contribution in [0.1, 0.15) is 19.8 Å². The molecule has 3 aromatic rings. The third-order valence-corrected chi connectivity index (χ3v) is 6.92. The van der Waals surface area contributed by atoms with Crippen LogP contribution < -0.4 is 10.1 Å². The molecule has 0 spiro atoms. The quantitative estimate of drug-likeness (QED) is 0.558. The van der Waals surface area contributed by atoms with Gasteiger partial charge in [0.1, 0.15) is 11.3 Å². The molecule has 0 aliphatic rings. The van der Waals surface area contributed by atoms with Crippen molar-refractivity contribution in [1.29, 1.82) is 0 Å². The molecule has 28 heavy (non-hydrogen) atoms. The van der Waals surface area contributed by atoms with Gasteiger partial charge in [-0.15, -0.1) is 0 Å². The standard InChI is InChI=1S/C19H19ClN2O4S2/c1-2-26-15-5-3-6-16-18(15)22-19(27-16)21-17(23)7-4-12-28(24,25)14-10-8-13(20)9-11-14/h3,5-6,8-11H,2,4,7,12H2,1H3,(H,21,22,23). The normalized spacial score (nSPS) is 11.5. The number of halogens is 1. The van der Waals surface area contributed by atoms with E-state index in [2.05, 4.69) is 10.3 Å². The van der Waals surface area contributed by atoms with Gasteiger partial charge in [-0.25, -0.2) is 13.4 Å². The largest absolute Gasteiger partial charge is 0.492 e. The number of ether oxygens (including phenoxy) is 1. The van der Waals surface area contributed by atoms with Crippen LogP contribution >= 0.6 is 22.9 Å². The number of nitrogens with zero attached hydrogens (tertiary/aromatic N) is 1. The van der Waals surface area contributed by atoms with Crippen molar-refractivity contribution in [3.05, 3.63) is 47.5 Å². The maximum absolute atomic E-state index is 12.3. The summed E-state index contributed by atoms with van der Waals surface area (Å²) in [6, 6.07) is 11.6. The topological polar surface area (TPSA) is 85.4 Å². The Kier molecular flexibility index (Phi) is 6.53. The monoisotopic (exact) mass is 438 g/mol. The first-order chi connectivity index (χ1) is 13.4. The van der Waals surface area contributed by atoms with Gasteiger partial charge in [-0.1, -0.05) is 29.0 Å². The number of carbonyl (C=O) groups is 1. The Hall–Kier alpha value is -2.16. The third-order valence-electron chi connectivity index (χ3n) is 3.92. The smallest absolute Gasteiger partial charge is 0.226 e. The van der Waals surface area contributed by atoms with E-state index in [1.165, 1.54) is 35.6 Å². The van der Waals surface area contributed by atoms with Gasteiger partial charge in [0.25, 0.3) is 0 Å². The van der Waals surface area contributed by atoms with Gasteiger partial charge in [-0.3, -0.25) is 4.79 Å². The van der Waals surface area contributed by atoms with E-state index in [-0.39, 0.29) is 29.4 Å². The zero-order valence-electron chi connectivity index (χ0n) is 15.1. The van der Waals surface area contributed by atoms with E-state index in [9.17, 15) is 13.2 Å². The number of sulfone groups is 1. The van der Waals surface area contributed by atoms with Crippen LogP contribution in [0.15, 0.2) is 47.4 Å². The van der Waals surface area contributed by atoms with Crippen LogP contribution in [-0.2, 0) is 14.6 Å². The second kappa shape index (κ2) is 8.89. The predicted octanol–water partition coefficient (Wildman–Crippen LogP) is 4.54. The molecule has 0 fully saturated rings. The molecule has 1 amide bonds. The zero-order chi connectivity index (χ0) is 20.1. The Morgan fingerprint density at radius 3 is 2.68 bits per heavy atom. The summed E-state index contributed by atoms with van der Waals surface area (Å²) in [7, 11) is -3.45. The van der Waals surface area contributed by atoms with Crippen LogP contribution in [0, 0.1) is 0 Å². The van der Waals surface area contributed by atoms with Gasteiger partial charge < -0.3 is 10.1 Å². The molecule has 0 aliphatic carbocycles. The lowest BCUT2D eigenvalue weighted by atomic mass is 10.3. The van der Waals surface area contributed by atoms with Crippen molar-refractivity contribution in [2.45, 2.75) is 24.7 Å². The molecule has 0 saturated heterocycles. The molecule has 0 unspecified atom stereocenters. The van der Waals surface area contributed by atoms with E-state index in [1.54, 1.807) is 0 Å². The number of rotatable bonds is 8. The fourth-order valence-corrected chi connectivity index (χ4v) is 4.95. The van der Waals surface area contributed by atoms with Crippen molar-refractivity contribution >= 4 is 54.0 Å². The molecule has 148 valence electrons. The van der Waals surface area contributed by atoms with Crippen LogP contribution in [0.5, 0.6) is 5.75 Å². The lowest BCUT2D eigenvalue weighted by Crippen LogP contribution is -2.14. The molecule has 3 rings (SSSR count). The minimum absolute atomic E-state index is 0.0844. The molecule has 1 heterocycles. The van der Waals surface area contributed by atoms with E-state index in [0.29, 0.717) is 28.0 Å². The number of aromatic nitrogens is 1. The highest BCUT2D eigenvalue weighted by Crippen LogP contribution is 2.32. The minimum Gasteiger partial charge on any atom is -0.492 e. The zero-order valence-corrected chi connectivity index (χ0v) is 17.5. The summed E-state index contributed by atoms with van der Waals surface area (Å²) in [5, 5.41) is 3.67. The summed E-state index contributed by atoms with van der Waals surface area (Å²) in [5.74, 6) is 0.283. The second-order valence-corrected chi connectivity index (χ2v) is 9.56. The van der Waals surface area contributed by atoms with Gasteiger partial charge >= 0.3 is 0 Å². The van der Waals surface area contributed by atoms with Crippen molar-refractivity contribution < 1.29 is 17.9 Å². The maximum atomic E-state index is 12.3. The first-order valence-corrected chi connectivity index (χ1v) is 11.5. The van der Waals surface area contributed by atoms with Gasteiger partial charge in [0, 0.05) is 11.4 Å². The van der Waals surface area contributed by atoms with E-state index in [4.69, 9.17) is 16.3 Å². The van der Waals surface area contributed by atoms with Crippen molar-refractivity contribution in [2.75, 3.05) is 17.7 Å². The summed E-state index contributed by atoms with van der Waals surface area (Å²) in [6.07, 6.45) is 0.299. The van der Waals surface area contributed by atoms with E-state index < -0.39 is 9.84 Å². The van der Waals surface area contributed by atoms with E-state index in [0.717, 1.165) is 4.70 Å². The molecule has 2 aromatic carbocycles. The van der Waals surface area contributed by atoms with Gasteiger partial charge in [-0.2, -0.15) is 0 Å². The number of anilines is 1. The average molecular weight is 439 g/mol. The first kappa shape index (κ1) is 20.6. The van der Waals surface area contributed by atoms with Crippen LogP contribution in [0.3, 0.4) is 0 Å². The number of nitrogens with one attached hydrogen (secondary N) is 1. The molecule has 0 bridgehead atoms. The highest BCUT2D eigenvalue weighted by molar-refractivity contribution is 7.91. The average Bonchev–Trinajstić information content (AvgIpc) is 3.05. The summed E-state index contributed by atoms with van der Waals surface area (Å²) < 4.78 is 31.1. The van der Waals surface area contributed by atoms with Crippen LogP contribution in [-0.4, -0.2) is 31.7 Å². The highest BCUT2D eigenvalue weighted by Gasteiger charge is 2.16. The number of carbonyl (C=O) groups excluding carboxylic acids is 1. The van der Waals surface area contributed by atoms with Crippen molar-refractivity contribution in [3.63, 3.8) is 0 Å². The number of hydrogen-bond donors (Lipinski definition) is 1. The molecular formula is C19H19ClN2O4S2. The van der Waals surface area contributed by atoms with Crippen molar-refractivity contribution in [3.8, 4) is 5.75 Å². The summed E-state index contributed by atoms with van der Waals surface area (Å²) in [5.41, 5.74) is 0.704. The first-order valence-electron chi connectivity index (χ1n) is 8.69. The molecule has 9 heteroatoms. The van der Waals surface area contributed by atoms with Crippen LogP contribution in [0.4, 0.5) is 5.13 Å². The van der Waals surface area contributed by atoms with Crippen molar-refractivity contribution in [2.24, 2.45) is 0 Å². The molecule has 6 nitrogen and oxygen atoms in total. The minimum atomic E-state index is -3.45. The Labute approximate surface area is 172 Å². The van der Waals surface area contributed by atoms with Crippen molar-refractivity contribution in [1.82, 2.24) is 4.98 Å². The summed E-state index contributed by atoms with van der Waals surface area (Å²) in [4.78, 5) is 16.8. The molecule has 1 N–H and O–H groups in total. The Morgan fingerprint density at radius 1 is 1.21 bits per heavy atom. The number of amides is 1. The second-order valence-electron chi connectivity index (χ2n) is 5.98. The van der Waals surface area contributed by atoms with Crippen LogP contribution in [0.25, 0.3) is 10.2 Å². The molecule has 0 saturated carbocycles. The number of fused-ring (bicyclic) bond motifs is 1. The summed E-state index contributed by atoms with van der Waals surface area (Å²) in [6.45, 7) is 2.42. The number of benzene rings is 2. The highest BCUT2D eigenvalue weighted by atomic mass is 35.5. The SMILES string of the molecule is CCOc1cccc2sc(NC(=O)CCCS(=O)(=O)c3ccc(Cl)cc3)nc12. The van der Waals surface area contributed by atoms with Gasteiger partial charge in [-0.05, 0) is 49.7 Å². The van der Waals surface area contributed by atoms with Crippen LogP contribution in [0.2, 0.25) is 5.02 Å². The molecular weight excluding hydrogens is 420 g/mol. The van der Waals surface area contributed by atoms with Gasteiger partial charge in [0.2, 0.25) is 5.91 Å².